The molecule has 0 radical (unpaired) electrons. The molecule has 4 heteroatoms. The van der Waals surface area contributed by atoms with Gasteiger partial charge in [0.1, 0.15) is 17.8 Å². The molecule has 0 N–H and O–H groups in total. The smallest absolute Gasteiger partial charge is 0.170 e. The fourth-order valence-electron chi connectivity index (χ4n) is 1.53. The van der Waals surface area contributed by atoms with E-state index in [0.717, 1.165) is 0 Å². The second-order valence-electron chi connectivity index (χ2n) is 3.79. The van der Waals surface area contributed by atoms with Crippen molar-refractivity contribution in [3.05, 3.63) is 58.3 Å². The van der Waals surface area contributed by atoms with E-state index >= 15 is 0 Å². The summed E-state index contributed by atoms with van der Waals surface area (Å²) in [6.07, 6.45) is 1.54. The van der Waals surface area contributed by atoms with Gasteiger partial charge in [0.2, 0.25) is 0 Å². The average molecular weight is 253 g/mol. The quantitative estimate of drug-likeness (QED) is 0.778. The molecule has 0 saturated heterocycles. The van der Waals surface area contributed by atoms with Gasteiger partial charge in [-0.1, -0.05) is 17.7 Å². The van der Waals surface area contributed by atoms with Gasteiger partial charge in [-0.25, -0.2) is 4.39 Å². The van der Waals surface area contributed by atoms with Crippen LogP contribution in [0.5, 0.6) is 0 Å². The third-order valence-corrected chi connectivity index (χ3v) is 2.71. The number of hydrogen-bond acceptors (Lipinski definition) is 2. The van der Waals surface area contributed by atoms with Crippen molar-refractivity contribution in [2.24, 2.45) is 0 Å². The van der Waals surface area contributed by atoms with Crippen molar-refractivity contribution >= 4 is 17.4 Å². The summed E-state index contributed by atoms with van der Waals surface area (Å²) in [5, 5.41) is 0.0559. The monoisotopic (exact) mass is 252 g/mol. The summed E-state index contributed by atoms with van der Waals surface area (Å²) in [5.74, 6) is 0.0551. The fraction of sp³-hybridized carbons (Fsp3) is 0.154. The summed E-state index contributed by atoms with van der Waals surface area (Å²) in [6, 6.07) is 6.01. The highest BCUT2D eigenvalue weighted by Gasteiger charge is 2.11. The first-order valence-electron chi connectivity index (χ1n) is 5.08. The summed E-state index contributed by atoms with van der Waals surface area (Å²) in [5.41, 5.74) is 1.09. The Labute approximate surface area is 103 Å². The van der Waals surface area contributed by atoms with Crippen LogP contribution in [0.2, 0.25) is 5.02 Å². The standard InChI is InChI=1S/C13H10ClFO2/c1-8-4-10(7-17-8)13(16)6-9-2-3-11(14)12(15)5-9/h2-5,7H,6H2,1H3. The number of aryl methyl sites for hydroxylation is 1. The van der Waals surface area contributed by atoms with Gasteiger partial charge in [0.25, 0.3) is 0 Å². The van der Waals surface area contributed by atoms with E-state index in [4.69, 9.17) is 16.0 Å². The highest BCUT2D eigenvalue weighted by Crippen LogP contribution is 2.17. The highest BCUT2D eigenvalue weighted by atomic mass is 35.5. The molecular formula is C13H10ClFO2. The van der Waals surface area contributed by atoms with Gasteiger partial charge in [-0.2, -0.15) is 0 Å². The molecule has 0 aliphatic rings. The van der Waals surface area contributed by atoms with Crippen molar-refractivity contribution in [1.82, 2.24) is 0 Å². The molecule has 0 spiro atoms. The molecule has 1 heterocycles. The lowest BCUT2D eigenvalue weighted by Gasteiger charge is -2.00. The van der Waals surface area contributed by atoms with Crippen LogP contribution in [0.15, 0.2) is 34.9 Å². The normalized spacial score (nSPS) is 10.5. The zero-order valence-corrected chi connectivity index (χ0v) is 9.92. The van der Waals surface area contributed by atoms with E-state index < -0.39 is 5.82 Å². The molecule has 0 aliphatic carbocycles. The number of carbonyl (C=O) groups is 1. The maximum Gasteiger partial charge on any atom is 0.170 e. The summed E-state index contributed by atoms with van der Waals surface area (Å²) >= 11 is 5.56. The van der Waals surface area contributed by atoms with Crippen LogP contribution >= 0.6 is 11.6 Å². The van der Waals surface area contributed by atoms with E-state index in [0.29, 0.717) is 16.9 Å². The Kier molecular flexibility index (Phi) is 3.29. The predicted octanol–water partition coefficient (Wildman–Crippen LogP) is 3.81. The lowest BCUT2D eigenvalue weighted by molar-refractivity contribution is 0.0992. The number of hydrogen-bond donors (Lipinski definition) is 0. The third-order valence-electron chi connectivity index (χ3n) is 2.40. The fourth-order valence-corrected chi connectivity index (χ4v) is 1.64. The number of carbonyl (C=O) groups excluding carboxylic acids is 1. The molecule has 2 aromatic rings. The van der Waals surface area contributed by atoms with E-state index in [9.17, 15) is 9.18 Å². The Morgan fingerprint density at radius 3 is 2.76 bits per heavy atom. The predicted molar refractivity (Wildman–Crippen MR) is 62.9 cm³/mol. The van der Waals surface area contributed by atoms with Gasteiger partial charge < -0.3 is 4.42 Å². The lowest BCUT2D eigenvalue weighted by atomic mass is 10.1. The Morgan fingerprint density at radius 2 is 2.18 bits per heavy atom. The molecule has 0 aliphatic heterocycles. The molecule has 17 heavy (non-hydrogen) atoms. The first kappa shape index (κ1) is 11.9. The molecule has 0 saturated carbocycles. The molecule has 2 nitrogen and oxygen atoms in total. The molecule has 88 valence electrons. The second kappa shape index (κ2) is 4.72. The molecule has 0 fully saturated rings. The van der Waals surface area contributed by atoms with Gasteiger partial charge >= 0.3 is 0 Å². The van der Waals surface area contributed by atoms with Crippen LogP contribution < -0.4 is 0 Å². The number of Topliss-reactive ketones (excluding diaryl/α,β-unsaturated/α-hetero) is 1. The highest BCUT2D eigenvalue weighted by molar-refractivity contribution is 6.30. The van der Waals surface area contributed by atoms with Gasteiger partial charge in [0.05, 0.1) is 10.6 Å². The van der Waals surface area contributed by atoms with E-state index in [1.165, 1.54) is 18.4 Å². The van der Waals surface area contributed by atoms with Crippen LogP contribution in [0.1, 0.15) is 21.7 Å². The Balaban J connectivity index is 2.15. The number of ketones is 1. The first-order chi connectivity index (χ1) is 8.06. The molecule has 0 amide bonds. The van der Waals surface area contributed by atoms with Gasteiger partial charge in [0.15, 0.2) is 5.78 Å². The molecule has 0 atom stereocenters. The minimum Gasteiger partial charge on any atom is -0.469 e. The minimum absolute atomic E-state index is 0.0559. The molecule has 1 aromatic heterocycles. The van der Waals surface area contributed by atoms with Crippen LogP contribution in [0.4, 0.5) is 4.39 Å². The van der Waals surface area contributed by atoms with Crippen LogP contribution in [-0.2, 0) is 6.42 Å². The van der Waals surface area contributed by atoms with E-state index in [-0.39, 0.29) is 17.2 Å². The summed E-state index contributed by atoms with van der Waals surface area (Å²) < 4.78 is 18.2. The zero-order chi connectivity index (χ0) is 12.4. The Bertz CT molecular complexity index is 560. The van der Waals surface area contributed by atoms with Crippen LogP contribution in [0.25, 0.3) is 0 Å². The second-order valence-corrected chi connectivity index (χ2v) is 4.20. The molecule has 1 aromatic carbocycles. The SMILES string of the molecule is Cc1cc(C(=O)Cc2ccc(Cl)c(F)c2)co1. The maximum atomic E-state index is 13.2. The number of halogens is 2. The first-order valence-corrected chi connectivity index (χ1v) is 5.46. The average Bonchev–Trinajstić information content (AvgIpc) is 2.70. The van der Waals surface area contributed by atoms with Gasteiger partial charge in [-0.3, -0.25) is 4.79 Å². The number of furan rings is 1. The van der Waals surface area contributed by atoms with Gasteiger partial charge in [0, 0.05) is 6.42 Å². The van der Waals surface area contributed by atoms with Crippen molar-refractivity contribution < 1.29 is 13.6 Å². The maximum absolute atomic E-state index is 13.2. The van der Waals surface area contributed by atoms with Gasteiger partial charge in [-0.15, -0.1) is 0 Å². The zero-order valence-electron chi connectivity index (χ0n) is 9.17. The largest absolute Gasteiger partial charge is 0.469 e. The van der Waals surface area contributed by atoms with Crippen LogP contribution in [0, 0.1) is 12.7 Å². The summed E-state index contributed by atoms with van der Waals surface area (Å²) in [7, 11) is 0. The summed E-state index contributed by atoms with van der Waals surface area (Å²) in [6.45, 7) is 1.76. The van der Waals surface area contributed by atoms with Crippen molar-refractivity contribution in [2.75, 3.05) is 0 Å². The topological polar surface area (TPSA) is 30.2 Å². The Hall–Kier alpha value is -1.61. The summed E-state index contributed by atoms with van der Waals surface area (Å²) in [4.78, 5) is 11.8. The molecule has 0 unspecified atom stereocenters. The lowest BCUT2D eigenvalue weighted by Crippen LogP contribution is -2.02. The Morgan fingerprint density at radius 1 is 1.41 bits per heavy atom. The van der Waals surface area contributed by atoms with Crippen molar-refractivity contribution in [1.29, 1.82) is 0 Å². The van der Waals surface area contributed by atoms with Crippen LogP contribution in [0.3, 0.4) is 0 Å². The molecule has 2 rings (SSSR count). The van der Waals surface area contributed by atoms with E-state index in [1.54, 1.807) is 19.1 Å². The third kappa shape index (κ3) is 2.74. The van der Waals surface area contributed by atoms with Gasteiger partial charge in [-0.05, 0) is 30.7 Å². The van der Waals surface area contributed by atoms with Crippen LogP contribution in [-0.4, -0.2) is 5.78 Å². The van der Waals surface area contributed by atoms with Crippen molar-refractivity contribution in [2.45, 2.75) is 13.3 Å². The van der Waals surface area contributed by atoms with Crippen molar-refractivity contribution in [3.63, 3.8) is 0 Å². The number of benzene rings is 1. The number of rotatable bonds is 3. The van der Waals surface area contributed by atoms with Crippen molar-refractivity contribution in [3.8, 4) is 0 Å². The molecular weight excluding hydrogens is 243 g/mol. The minimum atomic E-state index is -0.514. The van der Waals surface area contributed by atoms with E-state index in [1.807, 2.05) is 0 Å². The molecule has 0 bridgehead atoms. The van der Waals surface area contributed by atoms with E-state index in [2.05, 4.69) is 0 Å².